The zero-order valence-corrected chi connectivity index (χ0v) is 37.4. The minimum atomic E-state index is 1.17. The molecule has 8 rings (SSSR count). The SMILES string of the molecule is C=Cc1ccccc1.C=Cc1ccccc1.C=Cc1ccccc1.C=Cc1ccccc1.C=Cc1ccccc1.C=Cc1ccccc1.C=Cc1ccccc1.C=Cc1ccccc1. The van der Waals surface area contributed by atoms with E-state index in [4.69, 9.17) is 0 Å². The summed E-state index contributed by atoms with van der Waals surface area (Å²) in [5.74, 6) is 0. The summed E-state index contributed by atoms with van der Waals surface area (Å²) in [6, 6.07) is 80.2. The molecule has 64 heavy (non-hydrogen) atoms. The third-order valence-corrected chi connectivity index (χ3v) is 8.28. The first-order valence-electron chi connectivity index (χ1n) is 20.9. The summed E-state index contributed by atoms with van der Waals surface area (Å²) in [5, 5.41) is 0. The van der Waals surface area contributed by atoms with Crippen molar-refractivity contribution in [2.24, 2.45) is 0 Å². The maximum absolute atomic E-state index is 3.63. The lowest BCUT2D eigenvalue weighted by Gasteiger charge is -1.85. The van der Waals surface area contributed by atoms with E-state index in [1.807, 2.05) is 291 Å². The lowest BCUT2D eigenvalue weighted by atomic mass is 10.2. The molecule has 0 heterocycles. The van der Waals surface area contributed by atoms with Crippen molar-refractivity contribution in [2.45, 2.75) is 0 Å². The first kappa shape index (κ1) is 53.7. The van der Waals surface area contributed by atoms with Gasteiger partial charge in [0.25, 0.3) is 0 Å². The Morgan fingerprint density at radius 3 is 0.266 bits per heavy atom. The van der Waals surface area contributed by atoms with Crippen LogP contribution in [0, 0.1) is 0 Å². The fourth-order valence-corrected chi connectivity index (χ4v) is 4.71. The van der Waals surface area contributed by atoms with Gasteiger partial charge in [-0.25, -0.2) is 0 Å². The van der Waals surface area contributed by atoms with Crippen molar-refractivity contribution in [1.82, 2.24) is 0 Å². The molecular formula is C64H64. The predicted molar refractivity (Wildman–Crippen MR) is 292 cm³/mol. The van der Waals surface area contributed by atoms with E-state index in [9.17, 15) is 0 Å². The summed E-state index contributed by atoms with van der Waals surface area (Å²) in [6.07, 6.45) is 14.7. The van der Waals surface area contributed by atoms with Crippen molar-refractivity contribution in [2.75, 3.05) is 0 Å². The van der Waals surface area contributed by atoms with Crippen LogP contribution in [-0.4, -0.2) is 0 Å². The Labute approximate surface area is 386 Å². The van der Waals surface area contributed by atoms with E-state index in [2.05, 4.69) is 52.6 Å². The molecule has 0 aromatic heterocycles. The molecule has 0 bridgehead atoms. The van der Waals surface area contributed by atoms with Crippen LogP contribution < -0.4 is 0 Å². The number of benzene rings is 8. The van der Waals surface area contributed by atoms with Crippen LogP contribution in [0.1, 0.15) is 44.5 Å². The Balaban J connectivity index is 0.000000366. The average Bonchev–Trinajstić information content (AvgIpc) is 3.41. The van der Waals surface area contributed by atoms with Gasteiger partial charge in [0.2, 0.25) is 0 Å². The summed E-state index contributed by atoms with van der Waals surface area (Å²) in [5.41, 5.74) is 9.39. The fraction of sp³-hybridized carbons (Fsp3) is 0. The highest BCUT2D eigenvalue weighted by Crippen LogP contribution is 2.02. The van der Waals surface area contributed by atoms with Crippen LogP contribution in [0.4, 0.5) is 0 Å². The standard InChI is InChI=1S/8C8H8/c8*1-2-8-6-4-3-5-7-8/h8*2-7H,1H2. The molecule has 0 saturated heterocycles. The maximum Gasteiger partial charge on any atom is -0.0263 e. The summed E-state index contributed by atoms with van der Waals surface area (Å²) in [4.78, 5) is 0. The Hall–Kier alpha value is -8.32. The van der Waals surface area contributed by atoms with Gasteiger partial charge < -0.3 is 0 Å². The second kappa shape index (κ2) is 38.9. The molecule has 0 N–H and O–H groups in total. The van der Waals surface area contributed by atoms with Crippen molar-refractivity contribution in [1.29, 1.82) is 0 Å². The van der Waals surface area contributed by atoms with Gasteiger partial charge in [-0.1, -0.05) is 344 Å². The van der Waals surface area contributed by atoms with Crippen molar-refractivity contribution < 1.29 is 0 Å². The molecule has 0 spiro atoms. The van der Waals surface area contributed by atoms with E-state index < -0.39 is 0 Å². The van der Waals surface area contributed by atoms with Crippen LogP contribution in [0.2, 0.25) is 0 Å². The van der Waals surface area contributed by atoms with Crippen LogP contribution in [0.3, 0.4) is 0 Å². The Morgan fingerprint density at radius 2 is 0.219 bits per heavy atom. The van der Waals surface area contributed by atoms with Crippen LogP contribution >= 0.6 is 0 Å². The second-order valence-corrected chi connectivity index (χ2v) is 12.9. The molecule has 0 aliphatic heterocycles. The molecule has 0 saturated carbocycles. The van der Waals surface area contributed by atoms with Gasteiger partial charge in [0.15, 0.2) is 0 Å². The molecule has 0 fully saturated rings. The van der Waals surface area contributed by atoms with Gasteiger partial charge in [-0.3, -0.25) is 0 Å². The quantitative estimate of drug-likeness (QED) is 0.143. The predicted octanol–water partition coefficient (Wildman–Crippen LogP) is 18.6. The molecule has 0 aliphatic carbocycles. The largest absolute Gasteiger partial charge is 0.0985 e. The highest BCUT2D eigenvalue weighted by molar-refractivity contribution is 5.49. The summed E-state index contributed by atoms with van der Waals surface area (Å²) in [6.45, 7) is 29.0. The molecule has 8 aromatic carbocycles. The van der Waals surface area contributed by atoms with E-state index in [1.165, 1.54) is 44.5 Å². The van der Waals surface area contributed by atoms with E-state index >= 15 is 0 Å². The highest BCUT2D eigenvalue weighted by Gasteiger charge is 1.80. The Bertz CT molecular complexity index is 1820. The highest BCUT2D eigenvalue weighted by atomic mass is 13.9. The molecule has 0 radical (unpaired) electrons. The van der Waals surface area contributed by atoms with Gasteiger partial charge >= 0.3 is 0 Å². The molecule has 0 heteroatoms. The minimum absolute atomic E-state index is 1.17. The maximum atomic E-state index is 3.63. The lowest BCUT2D eigenvalue weighted by molar-refractivity contribution is 1.67. The van der Waals surface area contributed by atoms with E-state index in [0.717, 1.165) is 0 Å². The third kappa shape index (κ3) is 29.0. The summed E-state index contributed by atoms with van der Waals surface area (Å²) in [7, 11) is 0. The van der Waals surface area contributed by atoms with E-state index in [-0.39, 0.29) is 0 Å². The normalized spacial score (nSPS) is 8.50. The van der Waals surface area contributed by atoms with Crippen LogP contribution in [-0.2, 0) is 0 Å². The molecule has 320 valence electrons. The molecular weight excluding hydrogens is 769 g/mol. The fourth-order valence-electron chi connectivity index (χ4n) is 4.71. The van der Waals surface area contributed by atoms with E-state index in [0.29, 0.717) is 0 Å². The molecule has 0 unspecified atom stereocenters. The van der Waals surface area contributed by atoms with Gasteiger partial charge in [0.1, 0.15) is 0 Å². The monoisotopic (exact) mass is 833 g/mol. The van der Waals surface area contributed by atoms with Crippen molar-refractivity contribution in [3.63, 3.8) is 0 Å². The van der Waals surface area contributed by atoms with Gasteiger partial charge in [0, 0.05) is 0 Å². The van der Waals surface area contributed by atoms with Gasteiger partial charge in [-0.2, -0.15) is 0 Å². The summed E-state index contributed by atoms with van der Waals surface area (Å²) < 4.78 is 0. The van der Waals surface area contributed by atoms with Crippen LogP contribution in [0.5, 0.6) is 0 Å². The molecule has 0 atom stereocenters. The smallest absolute Gasteiger partial charge is 0.0263 e. The minimum Gasteiger partial charge on any atom is -0.0985 e. The van der Waals surface area contributed by atoms with Crippen molar-refractivity contribution >= 4 is 48.6 Å². The Kier molecular flexibility index (Phi) is 32.6. The third-order valence-electron chi connectivity index (χ3n) is 8.28. The number of rotatable bonds is 8. The molecule has 0 amide bonds. The zero-order valence-electron chi connectivity index (χ0n) is 37.4. The van der Waals surface area contributed by atoms with Crippen molar-refractivity contribution in [3.05, 3.63) is 340 Å². The zero-order chi connectivity index (χ0) is 46.6. The first-order valence-corrected chi connectivity index (χ1v) is 20.9. The number of hydrogen-bond donors (Lipinski definition) is 0. The molecule has 8 aromatic rings. The van der Waals surface area contributed by atoms with Gasteiger partial charge in [-0.05, 0) is 44.5 Å². The molecule has 0 nitrogen and oxygen atoms in total. The van der Waals surface area contributed by atoms with Gasteiger partial charge in [-0.15, -0.1) is 0 Å². The lowest BCUT2D eigenvalue weighted by Crippen LogP contribution is -1.63. The van der Waals surface area contributed by atoms with Crippen LogP contribution in [0.15, 0.2) is 295 Å². The Morgan fingerprint density at radius 1 is 0.141 bits per heavy atom. The topological polar surface area (TPSA) is 0 Å². The number of hydrogen-bond acceptors (Lipinski definition) is 0. The summed E-state index contributed by atoms with van der Waals surface area (Å²) >= 11 is 0. The van der Waals surface area contributed by atoms with Crippen LogP contribution in [0.25, 0.3) is 48.6 Å². The van der Waals surface area contributed by atoms with Gasteiger partial charge in [0.05, 0.1) is 0 Å². The molecule has 0 aliphatic rings. The first-order chi connectivity index (χ1) is 31.5. The second-order valence-electron chi connectivity index (χ2n) is 12.9. The average molecular weight is 833 g/mol. The van der Waals surface area contributed by atoms with Crippen molar-refractivity contribution in [3.8, 4) is 0 Å². The van der Waals surface area contributed by atoms with E-state index in [1.54, 1.807) is 0 Å².